The molecule has 8 nitrogen and oxygen atoms in total. The van der Waals surface area contributed by atoms with Gasteiger partial charge in [-0.25, -0.2) is 12.8 Å². The molecule has 216 valence electrons. The molecule has 0 aliphatic carbocycles. The van der Waals surface area contributed by atoms with E-state index in [0.29, 0.717) is 55.5 Å². The van der Waals surface area contributed by atoms with Crippen LogP contribution >= 0.6 is 0 Å². The van der Waals surface area contributed by atoms with Crippen molar-refractivity contribution in [2.24, 2.45) is 0 Å². The van der Waals surface area contributed by atoms with E-state index in [0.717, 1.165) is 11.1 Å². The molecule has 1 aliphatic heterocycles. The Morgan fingerprint density at radius 1 is 0.950 bits per heavy atom. The minimum Gasteiger partial charge on any atom is -0.464 e. The Balaban J connectivity index is 1.63. The third kappa shape index (κ3) is 7.57. The van der Waals surface area contributed by atoms with Crippen LogP contribution in [0, 0.1) is 33.5 Å². The number of morpholine rings is 1. The van der Waals surface area contributed by atoms with Crippen LogP contribution in [0.15, 0.2) is 57.8 Å². The number of hydrogen-bond acceptors (Lipinski definition) is 6. The van der Waals surface area contributed by atoms with Crippen LogP contribution in [0.3, 0.4) is 0 Å². The topological polar surface area (TPSA) is 83.3 Å². The Morgan fingerprint density at radius 2 is 1.60 bits per heavy atom. The highest BCUT2D eigenvalue weighted by Crippen LogP contribution is 2.26. The number of aryl methyl sites for hydroxylation is 4. The minimum atomic E-state index is -4.00. The third-order valence-corrected chi connectivity index (χ3v) is 9.22. The summed E-state index contributed by atoms with van der Waals surface area (Å²) in [5.74, 6) is 0.559. The fourth-order valence-corrected chi connectivity index (χ4v) is 6.91. The lowest BCUT2D eigenvalue weighted by Gasteiger charge is -2.31. The van der Waals surface area contributed by atoms with E-state index in [4.69, 9.17) is 9.15 Å². The zero-order valence-electron chi connectivity index (χ0n) is 23.7. The molecule has 1 fully saturated rings. The number of ether oxygens (including phenoxy) is 1. The van der Waals surface area contributed by atoms with Crippen molar-refractivity contribution in [1.82, 2.24) is 14.1 Å². The standard InChI is InChI=1S/C30H38FN3O5S/c1-22-17-23(2)30(24(3)18-22)40(36,37)34(12-11-32-13-15-38-16-14-32)21-29(35)33(20-28-10-5-25(4)39-28)19-26-6-8-27(31)9-7-26/h5-10,17-18H,11-16,19-21H2,1-4H3. The smallest absolute Gasteiger partial charge is 0.244 e. The third-order valence-electron chi connectivity index (χ3n) is 7.07. The van der Waals surface area contributed by atoms with Gasteiger partial charge in [-0.2, -0.15) is 4.31 Å². The summed E-state index contributed by atoms with van der Waals surface area (Å²) in [5.41, 5.74) is 3.00. The number of sulfonamides is 1. The molecular weight excluding hydrogens is 533 g/mol. The Kier molecular flexibility index (Phi) is 9.78. The van der Waals surface area contributed by atoms with E-state index < -0.39 is 10.0 Å². The summed E-state index contributed by atoms with van der Waals surface area (Å²) in [5, 5.41) is 0. The van der Waals surface area contributed by atoms with Gasteiger partial charge >= 0.3 is 0 Å². The van der Waals surface area contributed by atoms with E-state index in [1.807, 2.05) is 32.0 Å². The Labute approximate surface area is 236 Å². The molecule has 0 saturated carbocycles. The summed E-state index contributed by atoms with van der Waals surface area (Å²) in [6.07, 6.45) is 0. The van der Waals surface area contributed by atoms with Crippen LogP contribution in [0.5, 0.6) is 0 Å². The van der Waals surface area contributed by atoms with Gasteiger partial charge in [-0.05, 0) is 68.7 Å². The number of nitrogens with zero attached hydrogens (tertiary/aromatic N) is 3. The molecule has 0 radical (unpaired) electrons. The van der Waals surface area contributed by atoms with Crippen molar-refractivity contribution in [3.05, 3.63) is 88.1 Å². The van der Waals surface area contributed by atoms with E-state index in [-0.39, 0.29) is 42.8 Å². The zero-order chi connectivity index (χ0) is 28.9. The van der Waals surface area contributed by atoms with Crippen molar-refractivity contribution >= 4 is 15.9 Å². The van der Waals surface area contributed by atoms with Crippen molar-refractivity contribution in [2.45, 2.75) is 45.7 Å². The van der Waals surface area contributed by atoms with Gasteiger partial charge in [0.05, 0.1) is 31.2 Å². The average molecular weight is 572 g/mol. The lowest BCUT2D eigenvalue weighted by molar-refractivity contribution is -0.133. The highest BCUT2D eigenvalue weighted by Gasteiger charge is 2.32. The van der Waals surface area contributed by atoms with E-state index >= 15 is 0 Å². The molecule has 10 heteroatoms. The maximum Gasteiger partial charge on any atom is 0.244 e. The van der Waals surface area contributed by atoms with Crippen molar-refractivity contribution in [3.63, 3.8) is 0 Å². The Bertz CT molecular complexity index is 1390. The van der Waals surface area contributed by atoms with Gasteiger partial charge in [0, 0.05) is 32.7 Å². The zero-order valence-corrected chi connectivity index (χ0v) is 24.5. The molecule has 40 heavy (non-hydrogen) atoms. The fraction of sp³-hybridized carbons (Fsp3) is 0.433. The molecule has 2 heterocycles. The second kappa shape index (κ2) is 13.1. The van der Waals surface area contributed by atoms with E-state index in [1.165, 1.54) is 16.4 Å². The summed E-state index contributed by atoms with van der Waals surface area (Å²) >= 11 is 0. The van der Waals surface area contributed by atoms with Gasteiger partial charge in [-0.3, -0.25) is 9.69 Å². The fourth-order valence-electron chi connectivity index (χ4n) is 5.12. The molecule has 1 saturated heterocycles. The van der Waals surface area contributed by atoms with Crippen molar-refractivity contribution in [1.29, 1.82) is 0 Å². The normalized spacial score (nSPS) is 14.6. The number of halogens is 1. The average Bonchev–Trinajstić information content (AvgIpc) is 3.31. The number of rotatable bonds is 11. The van der Waals surface area contributed by atoms with Crippen molar-refractivity contribution < 1.29 is 26.8 Å². The van der Waals surface area contributed by atoms with E-state index in [2.05, 4.69) is 4.90 Å². The molecule has 0 bridgehead atoms. The Hall–Kier alpha value is -3.05. The van der Waals surface area contributed by atoms with Crippen LogP contribution in [-0.4, -0.2) is 74.4 Å². The highest BCUT2D eigenvalue weighted by molar-refractivity contribution is 7.89. The lowest BCUT2D eigenvalue weighted by atomic mass is 10.1. The summed E-state index contributed by atoms with van der Waals surface area (Å²) in [4.78, 5) is 17.8. The second-order valence-corrected chi connectivity index (χ2v) is 12.3. The van der Waals surface area contributed by atoms with Gasteiger partial charge in [0.25, 0.3) is 0 Å². The van der Waals surface area contributed by atoms with Crippen LogP contribution < -0.4 is 0 Å². The second-order valence-electron chi connectivity index (χ2n) is 10.4. The van der Waals surface area contributed by atoms with Crippen LogP contribution in [0.4, 0.5) is 4.39 Å². The first-order valence-electron chi connectivity index (χ1n) is 13.5. The first-order chi connectivity index (χ1) is 19.0. The minimum absolute atomic E-state index is 0.157. The molecular formula is C30H38FN3O5S. The van der Waals surface area contributed by atoms with Crippen molar-refractivity contribution in [3.8, 4) is 0 Å². The number of amides is 1. The largest absolute Gasteiger partial charge is 0.464 e. The number of carbonyl (C=O) groups excluding carboxylic acids is 1. The summed E-state index contributed by atoms with van der Waals surface area (Å²) < 4.78 is 54.3. The summed E-state index contributed by atoms with van der Waals surface area (Å²) in [7, 11) is -4.00. The van der Waals surface area contributed by atoms with Gasteiger partial charge in [-0.1, -0.05) is 29.8 Å². The summed E-state index contributed by atoms with van der Waals surface area (Å²) in [6.45, 7) is 10.6. The van der Waals surface area contributed by atoms with Gasteiger partial charge in [0.1, 0.15) is 17.3 Å². The maximum absolute atomic E-state index is 14.1. The number of furan rings is 1. The molecule has 3 aromatic rings. The predicted octanol–water partition coefficient (Wildman–Crippen LogP) is 4.20. The number of hydrogen-bond donors (Lipinski definition) is 0. The quantitative estimate of drug-likeness (QED) is 0.343. The molecule has 0 atom stereocenters. The number of benzene rings is 2. The van der Waals surface area contributed by atoms with Crippen LogP contribution in [-0.2, 0) is 32.6 Å². The van der Waals surface area contributed by atoms with Gasteiger partial charge in [0.2, 0.25) is 15.9 Å². The van der Waals surface area contributed by atoms with Crippen molar-refractivity contribution in [2.75, 3.05) is 45.9 Å². The molecule has 0 spiro atoms. The van der Waals surface area contributed by atoms with E-state index in [1.54, 1.807) is 36.9 Å². The maximum atomic E-state index is 14.1. The van der Waals surface area contributed by atoms with Gasteiger partial charge < -0.3 is 14.1 Å². The molecule has 1 amide bonds. The summed E-state index contributed by atoms with van der Waals surface area (Å²) in [6, 6.07) is 13.2. The van der Waals surface area contributed by atoms with Gasteiger partial charge in [-0.15, -0.1) is 0 Å². The Morgan fingerprint density at radius 3 is 2.20 bits per heavy atom. The SMILES string of the molecule is Cc1cc(C)c(S(=O)(=O)N(CCN2CCOCC2)CC(=O)N(Cc2ccc(F)cc2)Cc2ccc(C)o2)c(C)c1. The monoisotopic (exact) mass is 571 g/mol. The molecule has 1 aliphatic rings. The van der Waals surface area contributed by atoms with Crippen LogP contribution in [0.1, 0.15) is 33.8 Å². The van der Waals surface area contributed by atoms with E-state index in [9.17, 15) is 17.6 Å². The van der Waals surface area contributed by atoms with Crippen LogP contribution in [0.2, 0.25) is 0 Å². The first-order valence-corrected chi connectivity index (χ1v) is 14.9. The molecule has 2 aromatic carbocycles. The molecule has 1 aromatic heterocycles. The van der Waals surface area contributed by atoms with Gasteiger partial charge in [0.15, 0.2) is 0 Å². The molecule has 0 unspecified atom stereocenters. The number of carbonyl (C=O) groups is 1. The van der Waals surface area contributed by atoms with Crippen LogP contribution in [0.25, 0.3) is 0 Å². The lowest BCUT2D eigenvalue weighted by Crippen LogP contribution is -2.47. The molecule has 4 rings (SSSR count). The first kappa shape index (κ1) is 29.9. The molecule has 0 N–H and O–H groups in total. The predicted molar refractivity (Wildman–Crippen MR) is 151 cm³/mol. The highest BCUT2D eigenvalue weighted by atomic mass is 32.2.